The van der Waals surface area contributed by atoms with Crippen molar-refractivity contribution in [3.63, 3.8) is 0 Å². The van der Waals surface area contributed by atoms with Gasteiger partial charge in [-0.25, -0.2) is 4.98 Å². The quantitative estimate of drug-likeness (QED) is 0.853. The highest BCUT2D eigenvalue weighted by atomic mass is 32.1. The van der Waals surface area contributed by atoms with Gasteiger partial charge in [0.15, 0.2) is 0 Å². The maximum atomic E-state index is 12.4. The molecule has 3 rings (SSSR count). The van der Waals surface area contributed by atoms with E-state index in [4.69, 9.17) is 9.47 Å². The molecule has 1 aromatic rings. The Kier molecular flexibility index (Phi) is 5.10. The van der Waals surface area contributed by atoms with Crippen LogP contribution in [0, 0.1) is 11.3 Å². The molecule has 2 fully saturated rings. The highest BCUT2D eigenvalue weighted by Gasteiger charge is 2.44. The number of carbonyl (C=O) groups excluding carboxylic acids is 1. The SMILES string of the molecule is CCOC[C@H]1COCCC12CCN(C(=O)c1cscn1)CC2. The smallest absolute Gasteiger partial charge is 0.273 e. The minimum absolute atomic E-state index is 0.0736. The van der Waals surface area contributed by atoms with Gasteiger partial charge in [-0.3, -0.25) is 4.79 Å². The Balaban J connectivity index is 1.62. The third-order valence-corrected chi connectivity index (χ3v) is 5.74. The molecule has 1 amide bonds. The molecule has 0 saturated carbocycles. The zero-order chi connectivity index (χ0) is 15.4. The molecule has 1 spiro atoms. The number of carbonyl (C=O) groups is 1. The van der Waals surface area contributed by atoms with E-state index in [1.54, 1.807) is 5.51 Å². The van der Waals surface area contributed by atoms with Crippen molar-refractivity contribution >= 4 is 17.2 Å². The van der Waals surface area contributed by atoms with E-state index in [1.807, 2.05) is 17.2 Å². The Labute approximate surface area is 135 Å². The molecule has 2 aliphatic rings. The molecule has 6 heteroatoms. The van der Waals surface area contributed by atoms with Crippen LogP contribution in [0.15, 0.2) is 10.9 Å². The molecule has 0 unspecified atom stereocenters. The lowest BCUT2D eigenvalue weighted by Gasteiger charge is -2.48. The van der Waals surface area contributed by atoms with E-state index in [1.165, 1.54) is 11.3 Å². The monoisotopic (exact) mass is 324 g/mol. The Morgan fingerprint density at radius 1 is 1.50 bits per heavy atom. The normalized spacial score (nSPS) is 24.6. The molecule has 1 atom stereocenters. The maximum Gasteiger partial charge on any atom is 0.273 e. The standard InChI is InChI=1S/C16H24N2O3S/c1-2-20-9-13-10-21-8-5-16(13)3-6-18(7-4-16)15(19)14-11-22-12-17-14/h11-13H,2-10H2,1H3/t13-/m0/s1. The maximum absolute atomic E-state index is 12.4. The van der Waals surface area contributed by atoms with E-state index in [9.17, 15) is 4.79 Å². The summed E-state index contributed by atoms with van der Waals surface area (Å²) in [4.78, 5) is 18.5. The summed E-state index contributed by atoms with van der Waals surface area (Å²) in [5, 5.41) is 1.83. The van der Waals surface area contributed by atoms with E-state index in [-0.39, 0.29) is 11.3 Å². The Morgan fingerprint density at radius 2 is 2.32 bits per heavy atom. The minimum atomic E-state index is 0.0736. The van der Waals surface area contributed by atoms with E-state index in [0.29, 0.717) is 11.6 Å². The molecule has 5 nitrogen and oxygen atoms in total. The number of nitrogens with zero attached hydrogens (tertiary/aromatic N) is 2. The highest BCUT2D eigenvalue weighted by Crippen LogP contribution is 2.45. The van der Waals surface area contributed by atoms with Crippen molar-refractivity contribution in [2.45, 2.75) is 26.2 Å². The predicted octanol–water partition coefficient (Wildman–Crippen LogP) is 2.44. The van der Waals surface area contributed by atoms with Crippen LogP contribution in [0.2, 0.25) is 0 Å². The van der Waals surface area contributed by atoms with Crippen LogP contribution in [0.1, 0.15) is 36.7 Å². The van der Waals surface area contributed by atoms with Crippen LogP contribution >= 0.6 is 11.3 Å². The fourth-order valence-corrected chi connectivity index (χ4v) is 4.19. The fraction of sp³-hybridized carbons (Fsp3) is 0.750. The summed E-state index contributed by atoms with van der Waals surface area (Å²) in [7, 11) is 0. The summed E-state index contributed by atoms with van der Waals surface area (Å²) in [6, 6.07) is 0. The van der Waals surface area contributed by atoms with Crippen molar-refractivity contribution in [3.8, 4) is 0 Å². The summed E-state index contributed by atoms with van der Waals surface area (Å²) in [6.07, 6.45) is 3.18. The molecule has 0 aromatic carbocycles. The van der Waals surface area contributed by atoms with Gasteiger partial charge in [-0.2, -0.15) is 0 Å². The molecule has 0 radical (unpaired) electrons. The van der Waals surface area contributed by atoms with Crippen LogP contribution in [0.5, 0.6) is 0 Å². The zero-order valence-electron chi connectivity index (χ0n) is 13.1. The molecule has 2 aliphatic heterocycles. The number of aromatic nitrogens is 1. The van der Waals surface area contributed by atoms with Crippen molar-refractivity contribution in [1.82, 2.24) is 9.88 Å². The number of hydrogen-bond donors (Lipinski definition) is 0. The van der Waals surface area contributed by atoms with Gasteiger partial charge >= 0.3 is 0 Å². The van der Waals surface area contributed by atoms with Crippen molar-refractivity contribution in [2.24, 2.45) is 11.3 Å². The lowest BCUT2D eigenvalue weighted by atomic mass is 9.66. The number of likely N-dealkylation sites (tertiary alicyclic amines) is 1. The topological polar surface area (TPSA) is 51.7 Å². The predicted molar refractivity (Wildman–Crippen MR) is 85.1 cm³/mol. The van der Waals surface area contributed by atoms with Gasteiger partial charge in [0, 0.05) is 37.6 Å². The first-order valence-corrected chi connectivity index (χ1v) is 9.02. The number of rotatable bonds is 4. The van der Waals surface area contributed by atoms with Crippen LogP contribution in [-0.2, 0) is 9.47 Å². The molecule has 0 bridgehead atoms. The van der Waals surface area contributed by atoms with Gasteiger partial charge in [0.2, 0.25) is 0 Å². The van der Waals surface area contributed by atoms with E-state index in [2.05, 4.69) is 4.98 Å². The summed E-state index contributed by atoms with van der Waals surface area (Å²) in [6.45, 7) is 6.82. The van der Waals surface area contributed by atoms with Gasteiger partial charge in [-0.05, 0) is 31.6 Å². The number of thiazole rings is 1. The molecule has 1 aromatic heterocycles. The number of hydrogen-bond acceptors (Lipinski definition) is 5. The molecular weight excluding hydrogens is 300 g/mol. The van der Waals surface area contributed by atoms with Crippen LogP contribution in [0.25, 0.3) is 0 Å². The van der Waals surface area contributed by atoms with Crippen molar-refractivity contribution in [3.05, 3.63) is 16.6 Å². The highest BCUT2D eigenvalue weighted by molar-refractivity contribution is 7.07. The summed E-state index contributed by atoms with van der Waals surface area (Å²) in [5.41, 5.74) is 2.58. The Morgan fingerprint density at radius 3 is 3.00 bits per heavy atom. The summed E-state index contributed by atoms with van der Waals surface area (Å²) < 4.78 is 11.3. The molecule has 122 valence electrons. The molecular formula is C16H24N2O3S. The van der Waals surface area contributed by atoms with Gasteiger partial charge in [-0.15, -0.1) is 11.3 Å². The van der Waals surface area contributed by atoms with E-state index >= 15 is 0 Å². The lowest BCUT2D eigenvalue weighted by Crippen LogP contribution is -2.50. The third kappa shape index (κ3) is 3.19. The first-order chi connectivity index (χ1) is 10.7. The van der Waals surface area contributed by atoms with Crippen LogP contribution in [0.3, 0.4) is 0 Å². The number of piperidine rings is 1. The second-order valence-electron chi connectivity index (χ2n) is 6.21. The van der Waals surface area contributed by atoms with Crippen molar-refractivity contribution in [1.29, 1.82) is 0 Å². The first kappa shape index (κ1) is 15.9. The minimum Gasteiger partial charge on any atom is -0.381 e. The Bertz CT molecular complexity index is 484. The Hall–Kier alpha value is -0.980. The van der Waals surface area contributed by atoms with E-state index < -0.39 is 0 Å². The van der Waals surface area contributed by atoms with Gasteiger partial charge in [-0.1, -0.05) is 0 Å². The number of amides is 1. The molecule has 22 heavy (non-hydrogen) atoms. The van der Waals surface area contributed by atoms with Crippen LogP contribution < -0.4 is 0 Å². The van der Waals surface area contributed by atoms with Crippen LogP contribution in [-0.4, -0.2) is 55.3 Å². The summed E-state index contributed by atoms with van der Waals surface area (Å²) >= 11 is 1.47. The molecule has 3 heterocycles. The van der Waals surface area contributed by atoms with Crippen LogP contribution in [0.4, 0.5) is 0 Å². The molecule has 2 saturated heterocycles. The van der Waals surface area contributed by atoms with Crippen molar-refractivity contribution < 1.29 is 14.3 Å². The third-order valence-electron chi connectivity index (χ3n) is 5.15. The number of ether oxygens (including phenoxy) is 2. The van der Waals surface area contributed by atoms with E-state index in [0.717, 1.165) is 58.8 Å². The van der Waals surface area contributed by atoms with Gasteiger partial charge in [0.05, 0.1) is 18.7 Å². The van der Waals surface area contributed by atoms with Gasteiger partial charge in [0.1, 0.15) is 5.69 Å². The first-order valence-electron chi connectivity index (χ1n) is 8.08. The summed E-state index contributed by atoms with van der Waals surface area (Å²) in [5.74, 6) is 0.530. The van der Waals surface area contributed by atoms with Crippen molar-refractivity contribution in [2.75, 3.05) is 39.5 Å². The van der Waals surface area contributed by atoms with Gasteiger partial charge in [0.25, 0.3) is 5.91 Å². The second kappa shape index (κ2) is 7.06. The zero-order valence-corrected chi connectivity index (χ0v) is 13.9. The fourth-order valence-electron chi connectivity index (χ4n) is 3.66. The van der Waals surface area contributed by atoms with Gasteiger partial charge < -0.3 is 14.4 Å². The average Bonchev–Trinajstić information content (AvgIpc) is 3.09. The largest absolute Gasteiger partial charge is 0.381 e. The molecule has 0 aliphatic carbocycles. The average molecular weight is 324 g/mol. The molecule has 0 N–H and O–H groups in total. The lowest BCUT2D eigenvalue weighted by molar-refractivity contribution is -0.0956. The second-order valence-corrected chi connectivity index (χ2v) is 6.93.